The highest BCUT2D eigenvalue weighted by Crippen LogP contribution is 2.17. The summed E-state index contributed by atoms with van der Waals surface area (Å²) in [4.78, 5) is 20.5. The molecule has 20 heavy (non-hydrogen) atoms. The molecule has 1 aliphatic rings. The van der Waals surface area contributed by atoms with Crippen LogP contribution in [0.1, 0.15) is 17.4 Å². The molecule has 1 aromatic heterocycles. The van der Waals surface area contributed by atoms with E-state index in [9.17, 15) is 4.79 Å². The van der Waals surface area contributed by atoms with Crippen molar-refractivity contribution in [2.45, 2.75) is 13.0 Å². The number of carbonyl (C=O) groups excluding carboxylic acids is 1. The third kappa shape index (κ3) is 3.91. The molecule has 0 radical (unpaired) electrons. The van der Waals surface area contributed by atoms with Crippen LogP contribution in [0.25, 0.3) is 0 Å². The number of hydrogen-bond acceptors (Lipinski definition) is 7. The maximum Gasteiger partial charge on any atom is 0.357 e. The van der Waals surface area contributed by atoms with E-state index in [4.69, 9.17) is 4.74 Å². The molecule has 1 unspecified atom stereocenters. The number of carbonyl (C=O) groups is 1. The Morgan fingerprint density at radius 3 is 3.10 bits per heavy atom. The Hall–Kier alpha value is -1.18. The summed E-state index contributed by atoms with van der Waals surface area (Å²) in [7, 11) is 4.29. The molecule has 2 heterocycles. The van der Waals surface area contributed by atoms with Gasteiger partial charge >= 0.3 is 5.97 Å². The van der Waals surface area contributed by atoms with Crippen LogP contribution in [-0.2, 0) is 4.74 Å². The van der Waals surface area contributed by atoms with Gasteiger partial charge in [0.15, 0.2) is 10.8 Å². The Morgan fingerprint density at radius 2 is 2.35 bits per heavy atom. The molecular formula is C13H22N4O2S. The Balaban J connectivity index is 1.86. The van der Waals surface area contributed by atoms with Gasteiger partial charge in [-0.25, -0.2) is 9.78 Å². The van der Waals surface area contributed by atoms with Crippen LogP contribution in [0.2, 0.25) is 0 Å². The number of likely N-dealkylation sites (N-methyl/N-ethyl adjacent to an activating group) is 2. The molecule has 1 N–H and O–H groups in total. The Morgan fingerprint density at radius 1 is 1.55 bits per heavy atom. The van der Waals surface area contributed by atoms with Crippen LogP contribution in [0.5, 0.6) is 0 Å². The van der Waals surface area contributed by atoms with Crippen LogP contribution in [0.3, 0.4) is 0 Å². The van der Waals surface area contributed by atoms with Crippen molar-refractivity contribution in [1.29, 1.82) is 0 Å². The van der Waals surface area contributed by atoms with E-state index in [0.29, 0.717) is 18.3 Å². The van der Waals surface area contributed by atoms with Gasteiger partial charge in [0.25, 0.3) is 0 Å². The maximum absolute atomic E-state index is 11.5. The molecule has 0 aromatic carbocycles. The summed E-state index contributed by atoms with van der Waals surface area (Å²) in [5.41, 5.74) is 0.383. The van der Waals surface area contributed by atoms with Crippen molar-refractivity contribution < 1.29 is 9.53 Å². The third-order valence-corrected chi connectivity index (χ3v) is 4.26. The van der Waals surface area contributed by atoms with Crippen LogP contribution >= 0.6 is 11.3 Å². The van der Waals surface area contributed by atoms with E-state index < -0.39 is 0 Å². The Labute approximate surface area is 123 Å². The summed E-state index contributed by atoms with van der Waals surface area (Å²) >= 11 is 1.44. The maximum atomic E-state index is 11.5. The minimum absolute atomic E-state index is 0.355. The van der Waals surface area contributed by atoms with E-state index in [0.717, 1.165) is 31.3 Å². The van der Waals surface area contributed by atoms with Crippen molar-refractivity contribution in [3.05, 3.63) is 11.1 Å². The van der Waals surface area contributed by atoms with E-state index in [1.165, 1.54) is 11.3 Å². The predicted octanol–water partition coefficient (Wildman–Crippen LogP) is 0.977. The zero-order chi connectivity index (χ0) is 14.5. The summed E-state index contributed by atoms with van der Waals surface area (Å²) in [6.07, 6.45) is 0. The summed E-state index contributed by atoms with van der Waals surface area (Å²) in [6, 6.07) is 0.462. The average molecular weight is 298 g/mol. The molecule has 1 atom stereocenters. The first-order valence-corrected chi connectivity index (χ1v) is 7.73. The van der Waals surface area contributed by atoms with Crippen molar-refractivity contribution in [2.75, 3.05) is 52.2 Å². The molecule has 112 valence electrons. The van der Waals surface area contributed by atoms with Crippen molar-refractivity contribution in [2.24, 2.45) is 0 Å². The van der Waals surface area contributed by atoms with E-state index >= 15 is 0 Å². The van der Waals surface area contributed by atoms with E-state index in [1.807, 2.05) is 0 Å². The molecule has 1 aliphatic heterocycles. The summed E-state index contributed by atoms with van der Waals surface area (Å²) < 4.78 is 4.93. The molecule has 7 heteroatoms. The number of nitrogens with one attached hydrogen (secondary N) is 1. The quantitative estimate of drug-likeness (QED) is 0.818. The number of rotatable bonds is 5. The average Bonchev–Trinajstić information content (AvgIpc) is 2.89. The zero-order valence-electron chi connectivity index (χ0n) is 12.3. The molecule has 1 fully saturated rings. The number of anilines is 1. The second-order valence-electron chi connectivity index (χ2n) is 5.04. The highest BCUT2D eigenvalue weighted by molar-refractivity contribution is 7.13. The summed E-state index contributed by atoms with van der Waals surface area (Å²) in [5, 5.41) is 5.82. The van der Waals surface area contributed by atoms with Gasteiger partial charge in [-0.05, 0) is 21.0 Å². The van der Waals surface area contributed by atoms with Crippen molar-refractivity contribution in [3.8, 4) is 0 Å². The van der Waals surface area contributed by atoms with Crippen LogP contribution < -0.4 is 5.32 Å². The van der Waals surface area contributed by atoms with Crippen LogP contribution in [0.15, 0.2) is 5.38 Å². The van der Waals surface area contributed by atoms with Crippen LogP contribution in [-0.4, -0.2) is 73.7 Å². The lowest BCUT2D eigenvalue weighted by molar-refractivity contribution is 0.0520. The molecular weight excluding hydrogens is 276 g/mol. The fourth-order valence-corrected chi connectivity index (χ4v) is 2.87. The lowest BCUT2D eigenvalue weighted by atomic mass is 10.2. The second-order valence-corrected chi connectivity index (χ2v) is 5.89. The standard InChI is InChI=1S/C13H22N4O2S/c1-4-19-12(18)11-9-20-13(15-11)14-7-10-8-16(2)5-6-17(10)3/h9-10H,4-8H2,1-3H3,(H,14,15). The number of piperazine rings is 1. The van der Waals surface area contributed by atoms with Crippen molar-refractivity contribution in [3.63, 3.8) is 0 Å². The molecule has 0 amide bonds. The molecule has 2 rings (SSSR count). The second kappa shape index (κ2) is 7.01. The number of esters is 1. The van der Waals surface area contributed by atoms with Gasteiger partial charge in [0, 0.05) is 37.6 Å². The normalized spacial score (nSPS) is 20.9. The van der Waals surface area contributed by atoms with Gasteiger partial charge in [-0.3, -0.25) is 4.90 Å². The van der Waals surface area contributed by atoms with Crippen LogP contribution in [0, 0.1) is 0 Å². The number of ether oxygens (including phenoxy) is 1. The monoisotopic (exact) mass is 298 g/mol. The van der Waals surface area contributed by atoms with E-state index in [1.54, 1.807) is 12.3 Å². The zero-order valence-corrected chi connectivity index (χ0v) is 13.1. The molecule has 0 spiro atoms. The topological polar surface area (TPSA) is 57.7 Å². The van der Waals surface area contributed by atoms with Crippen molar-refractivity contribution in [1.82, 2.24) is 14.8 Å². The number of aromatic nitrogens is 1. The SMILES string of the molecule is CCOC(=O)c1csc(NCC2CN(C)CCN2C)n1. The van der Waals surface area contributed by atoms with E-state index in [2.05, 4.69) is 34.2 Å². The smallest absolute Gasteiger partial charge is 0.357 e. The fraction of sp³-hybridized carbons (Fsp3) is 0.692. The van der Waals surface area contributed by atoms with Gasteiger partial charge in [-0.15, -0.1) is 11.3 Å². The largest absolute Gasteiger partial charge is 0.461 e. The first-order chi connectivity index (χ1) is 9.60. The molecule has 0 aliphatic carbocycles. The van der Waals surface area contributed by atoms with Gasteiger partial charge in [0.2, 0.25) is 0 Å². The first-order valence-electron chi connectivity index (χ1n) is 6.85. The Bertz CT molecular complexity index is 451. The number of nitrogens with zero attached hydrogens (tertiary/aromatic N) is 3. The fourth-order valence-electron chi connectivity index (χ4n) is 2.18. The molecule has 1 aromatic rings. The van der Waals surface area contributed by atoms with Gasteiger partial charge in [-0.2, -0.15) is 0 Å². The van der Waals surface area contributed by atoms with Crippen LogP contribution in [0.4, 0.5) is 5.13 Å². The van der Waals surface area contributed by atoms with Gasteiger partial charge in [-0.1, -0.05) is 0 Å². The van der Waals surface area contributed by atoms with Gasteiger partial charge in [0.1, 0.15) is 0 Å². The van der Waals surface area contributed by atoms with Gasteiger partial charge in [0.05, 0.1) is 6.61 Å². The lowest BCUT2D eigenvalue weighted by Gasteiger charge is -2.37. The predicted molar refractivity (Wildman–Crippen MR) is 80.5 cm³/mol. The summed E-state index contributed by atoms with van der Waals surface area (Å²) in [5.74, 6) is -0.355. The third-order valence-electron chi connectivity index (χ3n) is 3.46. The summed E-state index contributed by atoms with van der Waals surface area (Å²) in [6.45, 7) is 6.22. The minimum atomic E-state index is -0.355. The molecule has 0 bridgehead atoms. The van der Waals surface area contributed by atoms with Gasteiger partial charge < -0.3 is 15.0 Å². The molecule has 1 saturated heterocycles. The Kier molecular flexibility index (Phi) is 5.33. The highest BCUT2D eigenvalue weighted by atomic mass is 32.1. The highest BCUT2D eigenvalue weighted by Gasteiger charge is 2.22. The first kappa shape index (κ1) is 15.2. The van der Waals surface area contributed by atoms with Crippen molar-refractivity contribution >= 4 is 22.4 Å². The number of thiazole rings is 1. The lowest BCUT2D eigenvalue weighted by Crippen LogP contribution is -2.52. The van der Waals surface area contributed by atoms with E-state index in [-0.39, 0.29) is 5.97 Å². The number of hydrogen-bond donors (Lipinski definition) is 1. The molecule has 0 saturated carbocycles. The minimum Gasteiger partial charge on any atom is -0.461 e. The molecule has 6 nitrogen and oxygen atoms in total.